The molecule has 1 unspecified atom stereocenters. The van der Waals surface area contributed by atoms with Crippen molar-refractivity contribution < 1.29 is 10.2 Å². The monoisotopic (exact) mass is 320 g/mol. The Bertz CT molecular complexity index is 498. The maximum absolute atomic E-state index is 9.76. The van der Waals surface area contributed by atoms with Gasteiger partial charge in [0, 0.05) is 5.54 Å². The molecule has 1 saturated carbocycles. The van der Waals surface area contributed by atoms with E-state index in [1.165, 1.54) is 0 Å². The Balaban J connectivity index is 2.36. The first-order chi connectivity index (χ1) is 11.1. The summed E-state index contributed by atoms with van der Waals surface area (Å²) in [5.41, 5.74) is 15.1. The zero-order valence-electron chi connectivity index (χ0n) is 14.3. The van der Waals surface area contributed by atoms with E-state index >= 15 is 0 Å². The van der Waals surface area contributed by atoms with Gasteiger partial charge in [-0.05, 0) is 67.2 Å². The van der Waals surface area contributed by atoms with Crippen molar-refractivity contribution in [3.63, 3.8) is 0 Å². The van der Waals surface area contributed by atoms with E-state index in [9.17, 15) is 10.2 Å². The minimum absolute atomic E-state index is 0.000821. The first-order valence-electron chi connectivity index (χ1n) is 8.92. The number of hydrogen-bond acceptors (Lipinski definition) is 4. The first-order valence-corrected chi connectivity index (χ1v) is 8.92. The normalized spacial score (nSPS) is 24.4. The highest BCUT2D eigenvalue weighted by Gasteiger charge is 2.39. The van der Waals surface area contributed by atoms with Gasteiger partial charge in [-0.25, -0.2) is 0 Å². The van der Waals surface area contributed by atoms with Crippen LogP contribution in [0.25, 0.3) is 0 Å². The molecule has 0 amide bonds. The van der Waals surface area contributed by atoms with Gasteiger partial charge in [0.1, 0.15) is 0 Å². The Hall–Kier alpha value is -0.940. The van der Waals surface area contributed by atoms with E-state index in [4.69, 9.17) is 11.5 Å². The molecule has 0 aromatic heterocycles. The molecule has 1 atom stereocenters. The summed E-state index contributed by atoms with van der Waals surface area (Å²) >= 11 is 0. The van der Waals surface area contributed by atoms with Gasteiger partial charge in [0.05, 0.1) is 13.2 Å². The Morgan fingerprint density at radius 1 is 1.13 bits per heavy atom. The predicted molar refractivity (Wildman–Crippen MR) is 93.6 cm³/mol. The van der Waals surface area contributed by atoms with Crippen molar-refractivity contribution >= 4 is 0 Å². The number of rotatable bonds is 7. The van der Waals surface area contributed by atoms with Crippen LogP contribution in [0.3, 0.4) is 0 Å². The van der Waals surface area contributed by atoms with Gasteiger partial charge in [0.2, 0.25) is 0 Å². The van der Waals surface area contributed by atoms with Crippen LogP contribution >= 0.6 is 0 Å². The maximum atomic E-state index is 9.76. The molecule has 0 saturated heterocycles. The average molecular weight is 320 g/mol. The van der Waals surface area contributed by atoms with E-state index in [0.717, 1.165) is 61.8 Å². The number of aliphatic hydroxyl groups is 2. The lowest BCUT2D eigenvalue weighted by Gasteiger charge is -2.43. The predicted octanol–water partition coefficient (Wildman–Crippen LogP) is 2.39. The van der Waals surface area contributed by atoms with Crippen molar-refractivity contribution in [3.05, 3.63) is 34.9 Å². The Morgan fingerprint density at radius 3 is 2.35 bits per heavy atom. The third-order valence-corrected chi connectivity index (χ3v) is 5.60. The molecule has 130 valence electrons. The molecule has 6 N–H and O–H groups in total. The molecule has 2 rings (SSSR count). The topological polar surface area (TPSA) is 92.5 Å². The van der Waals surface area contributed by atoms with Gasteiger partial charge in [0.25, 0.3) is 0 Å². The minimum atomic E-state index is -0.433. The zero-order chi connectivity index (χ0) is 16.9. The number of nitrogens with two attached hydrogens (primary N) is 2. The zero-order valence-corrected chi connectivity index (χ0v) is 14.3. The molecular weight excluding hydrogens is 288 g/mol. The highest BCUT2D eigenvalue weighted by molar-refractivity contribution is 5.37. The second-order valence-corrected chi connectivity index (χ2v) is 7.05. The summed E-state index contributed by atoms with van der Waals surface area (Å²) in [6.45, 7) is 2.91. The van der Waals surface area contributed by atoms with Crippen molar-refractivity contribution in [2.45, 2.75) is 64.2 Å². The largest absolute Gasteiger partial charge is 0.392 e. The molecular formula is C19H32N2O2. The summed E-state index contributed by atoms with van der Waals surface area (Å²) in [4.78, 5) is 0. The second-order valence-electron chi connectivity index (χ2n) is 7.05. The van der Waals surface area contributed by atoms with Crippen LogP contribution in [0, 0.1) is 11.8 Å². The molecule has 0 heterocycles. The third-order valence-electron chi connectivity index (χ3n) is 5.60. The van der Waals surface area contributed by atoms with Crippen molar-refractivity contribution in [2.24, 2.45) is 23.3 Å². The van der Waals surface area contributed by atoms with Crippen molar-refractivity contribution in [1.82, 2.24) is 0 Å². The summed E-state index contributed by atoms with van der Waals surface area (Å²) in [6.07, 6.45) is 6.35. The molecule has 4 heteroatoms. The number of hydrogen-bond donors (Lipinski definition) is 4. The van der Waals surface area contributed by atoms with Gasteiger partial charge >= 0.3 is 0 Å². The van der Waals surface area contributed by atoms with E-state index < -0.39 is 5.54 Å². The number of aliphatic hydroxyl groups excluding tert-OH is 2. The number of benzene rings is 1. The van der Waals surface area contributed by atoms with Crippen LogP contribution in [0.4, 0.5) is 0 Å². The summed E-state index contributed by atoms with van der Waals surface area (Å²) < 4.78 is 0. The average Bonchev–Trinajstić information content (AvgIpc) is 2.61. The summed E-state index contributed by atoms with van der Waals surface area (Å²) in [7, 11) is 0. The van der Waals surface area contributed by atoms with Crippen LogP contribution in [0.5, 0.6) is 0 Å². The fourth-order valence-electron chi connectivity index (χ4n) is 4.18. The van der Waals surface area contributed by atoms with Crippen LogP contribution in [-0.2, 0) is 18.8 Å². The van der Waals surface area contributed by atoms with E-state index in [1.54, 1.807) is 0 Å². The third kappa shape index (κ3) is 3.94. The van der Waals surface area contributed by atoms with E-state index in [-0.39, 0.29) is 13.2 Å². The van der Waals surface area contributed by atoms with Gasteiger partial charge in [-0.1, -0.05) is 31.5 Å². The fraction of sp³-hybridized carbons (Fsp3) is 0.684. The van der Waals surface area contributed by atoms with Gasteiger partial charge < -0.3 is 21.7 Å². The maximum Gasteiger partial charge on any atom is 0.0685 e. The molecule has 1 aromatic carbocycles. The van der Waals surface area contributed by atoms with E-state index in [2.05, 4.69) is 6.92 Å². The van der Waals surface area contributed by atoms with E-state index in [1.807, 2.05) is 18.2 Å². The molecule has 1 aliphatic carbocycles. The minimum Gasteiger partial charge on any atom is -0.392 e. The second kappa shape index (κ2) is 8.25. The molecule has 4 nitrogen and oxygen atoms in total. The van der Waals surface area contributed by atoms with Crippen LogP contribution < -0.4 is 11.5 Å². The van der Waals surface area contributed by atoms with Crippen LogP contribution in [-0.4, -0.2) is 16.8 Å². The van der Waals surface area contributed by atoms with Gasteiger partial charge in [-0.15, -0.1) is 0 Å². The SMILES string of the molecule is CCCC(N)(c1cc(CO)ccc1CO)[C@H]1CC[C@H](CN)CC1. The lowest BCUT2D eigenvalue weighted by molar-refractivity contribution is 0.160. The van der Waals surface area contributed by atoms with Crippen molar-refractivity contribution in [3.8, 4) is 0 Å². The molecule has 0 bridgehead atoms. The van der Waals surface area contributed by atoms with Gasteiger partial charge in [0.15, 0.2) is 0 Å². The Kier molecular flexibility index (Phi) is 6.60. The molecule has 0 radical (unpaired) electrons. The Labute approximate surface area is 139 Å². The molecule has 23 heavy (non-hydrogen) atoms. The van der Waals surface area contributed by atoms with Crippen LogP contribution in [0.2, 0.25) is 0 Å². The van der Waals surface area contributed by atoms with Crippen LogP contribution in [0.15, 0.2) is 18.2 Å². The summed E-state index contributed by atoms with van der Waals surface area (Å²) in [5.74, 6) is 1.03. The Morgan fingerprint density at radius 2 is 1.83 bits per heavy atom. The highest BCUT2D eigenvalue weighted by Crippen LogP contribution is 2.43. The van der Waals surface area contributed by atoms with Crippen LogP contribution in [0.1, 0.15) is 62.1 Å². The summed E-state index contributed by atoms with van der Waals surface area (Å²) in [5, 5.41) is 19.2. The van der Waals surface area contributed by atoms with Gasteiger partial charge in [-0.2, -0.15) is 0 Å². The standard InChI is InChI=1S/C19H32N2O2/c1-2-9-19(21,17-7-4-14(11-20)5-8-17)18-10-15(12-22)3-6-16(18)13-23/h3,6,10,14,17,22-23H,2,4-5,7-9,11-13,20-21H2,1H3/t14-,17-,19?. The molecule has 0 aliphatic heterocycles. The van der Waals surface area contributed by atoms with Crippen molar-refractivity contribution in [1.29, 1.82) is 0 Å². The van der Waals surface area contributed by atoms with Gasteiger partial charge in [-0.3, -0.25) is 0 Å². The fourth-order valence-corrected chi connectivity index (χ4v) is 4.18. The quantitative estimate of drug-likeness (QED) is 0.620. The molecule has 1 aromatic rings. The molecule has 0 spiro atoms. The molecule has 1 aliphatic rings. The van der Waals surface area contributed by atoms with Crippen molar-refractivity contribution in [2.75, 3.05) is 6.54 Å². The smallest absolute Gasteiger partial charge is 0.0685 e. The summed E-state index contributed by atoms with van der Waals surface area (Å²) in [6, 6.07) is 5.77. The van der Waals surface area contributed by atoms with E-state index in [0.29, 0.717) is 11.8 Å². The highest BCUT2D eigenvalue weighted by atomic mass is 16.3. The first kappa shape index (κ1) is 18.4. The lowest BCUT2D eigenvalue weighted by atomic mass is 9.66. The molecule has 1 fully saturated rings. The lowest BCUT2D eigenvalue weighted by Crippen LogP contribution is -2.46.